The van der Waals surface area contributed by atoms with Crippen LogP contribution in [0.5, 0.6) is 0 Å². The molecule has 4 heteroatoms. The number of ether oxygens (including phenoxy) is 1. The largest absolute Gasteiger partial charge is 0.396 e. The number of hydrogen-bond donors (Lipinski definition) is 2. The van der Waals surface area contributed by atoms with Gasteiger partial charge in [-0.3, -0.25) is 5.32 Å². The van der Waals surface area contributed by atoms with E-state index in [1.165, 1.54) is 0 Å². The summed E-state index contributed by atoms with van der Waals surface area (Å²) in [6.45, 7) is 3.80. The maximum absolute atomic E-state index is 8.57. The summed E-state index contributed by atoms with van der Waals surface area (Å²) in [4.78, 5) is 0. The van der Waals surface area contributed by atoms with Crippen LogP contribution in [-0.2, 0) is 4.74 Å². The summed E-state index contributed by atoms with van der Waals surface area (Å²) in [5.41, 5.74) is -0.255. The fourth-order valence-corrected chi connectivity index (χ4v) is 1.02. The van der Waals surface area contributed by atoms with Gasteiger partial charge in [0.05, 0.1) is 6.61 Å². The lowest BCUT2D eigenvalue weighted by atomic mass is 10.2. The van der Waals surface area contributed by atoms with Crippen molar-refractivity contribution in [3.8, 4) is 0 Å². The first-order valence-electron chi connectivity index (χ1n) is 3.27. The number of halogens is 1. The fourth-order valence-electron chi connectivity index (χ4n) is 1.02. The van der Waals surface area contributed by atoms with Crippen molar-refractivity contribution >= 4 is 12.4 Å². The molecule has 0 spiro atoms. The van der Waals surface area contributed by atoms with E-state index in [-0.39, 0.29) is 24.7 Å². The Balaban J connectivity index is 0.000000810. The van der Waals surface area contributed by atoms with Crippen LogP contribution in [0.15, 0.2) is 0 Å². The summed E-state index contributed by atoms with van der Waals surface area (Å²) in [5.74, 6) is 0. The first-order valence-corrected chi connectivity index (χ1v) is 3.27. The predicted molar refractivity (Wildman–Crippen MR) is 41.3 cm³/mol. The van der Waals surface area contributed by atoms with E-state index in [1.54, 1.807) is 0 Å². The van der Waals surface area contributed by atoms with Gasteiger partial charge in [-0.05, 0) is 6.92 Å². The molecule has 0 aliphatic carbocycles. The van der Waals surface area contributed by atoms with Gasteiger partial charge in [0.1, 0.15) is 5.72 Å². The molecule has 1 fully saturated rings. The molecular formula is C6H14ClNO2. The molecule has 62 valence electrons. The van der Waals surface area contributed by atoms with E-state index in [0.717, 1.165) is 13.2 Å². The molecule has 0 aromatic carbocycles. The first kappa shape index (κ1) is 10.2. The van der Waals surface area contributed by atoms with Gasteiger partial charge in [-0.25, -0.2) is 0 Å². The third kappa shape index (κ3) is 2.42. The van der Waals surface area contributed by atoms with Crippen LogP contribution in [-0.4, -0.2) is 30.6 Å². The zero-order chi connectivity index (χ0) is 6.74. The fraction of sp³-hybridized carbons (Fsp3) is 1.00. The van der Waals surface area contributed by atoms with Crippen LogP contribution < -0.4 is 5.32 Å². The van der Waals surface area contributed by atoms with E-state index < -0.39 is 0 Å². The summed E-state index contributed by atoms with van der Waals surface area (Å²) in [7, 11) is 0. The molecule has 1 aliphatic heterocycles. The Bertz CT molecular complexity index is 93.7. The molecule has 0 saturated carbocycles. The second-order valence-corrected chi connectivity index (χ2v) is 2.48. The van der Waals surface area contributed by atoms with Crippen LogP contribution in [0.3, 0.4) is 0 Å². The van der Waals surface area contributed by atoms with Crippen LogP contribution in [0.1, 0.15) is 13.3 Å². The van der Waals surface area contributed by atoms with Crippen LogP contribution >= 0.6 is 12.4 Å². The van der Waals surface area contributed by atoms with Crippen molar-refractivity contribution in [1.29, 1.82) is 0 Å². The lowest BCUT2D eigenvalue weighted by molar-refractivity contribution is -0.0121. The lowest BCUT2D eigenvalue weighted by Gasteiger charge is -2.21. The molecule has 0 aromatic rings. The molecule has 1 aliphatic rings. The Morgan fingerprint density at radius 3 is 2.80 bits per heavy atom. The second-order valence-electron chi connectivity index (χ2n) is 2.48. The third-order valence-electron chi connectivity index (χ3n) is 1.61. The molecule has 0 bridgehead atoms. The molecule has 3 nitrogen and oxygen atoms in total. The standard InChI is InChI=1S/C6H13NO2.ClH/c1-6(2-4-8)7-3-5-9-6;/h7-8H,2-5H2,1H3;1H. The van der Waals surface area contributed by atoms with Gasteiger partial charge in [0.15, 0.2) is 0 Å². The van der Waals surface area contributed by atoms with Gasteiger partial charge in [-0.2, -0.15) is 0 Å². The maximum atomic E-state index is 8.57. The minimum absolute atomic E-state index is 0. The summed E-state index contributed by atoms with van der Waals surface area (Å²) < 4.78 is 5.31. The topological polar surface area (TPSA) is 41.5 Å². The molecule has 1 heterocycles. The molecular weight excluding hydrogens is 154 g/mol. The molecule has 1 atom stereocenters. The molecule has 2 N–H and O–H groups in total. The predicted octanol–water partition coefficient (Wildman–Crippen LogP) is 0.127. The Kier molecular flexibility index (Phi) is 4.20. The quantitative estimate of drug-likeness (QED) is 0.614. The van der Waals surface area contributed by atoms with Crippen molar-refractivity contribution in [2.24, 2.45) is 0 Å². The zero-order valence-electron chi connectivity index (χ0n) is 6.09. The highest BCUT2D eigenvalue weighted by atomic mass is 35.5. The number of aliphatic hydroxyl groups is 1. The monoisotopic (exact) mass is 167 g/mol. The molecule has 1 unspecified atom stereocenters. The van der Waals surface area contributed by atoms with Crippen molar-refractivity contribution in [1.82, 2.24) is 5.32 Å². The number of nitrogens with one attached hydrogen (secondary N) is 1. The minimum Gasteiger partial charge on any atom is -0.396 e. The van der Waals surface area contributed by atoms with Crippen molar-refractivity contribution in [2.75, 3.05) is 19.8 Å². The van der Waals surface area contributed by atoms with E-state index in [9.17, 15) is 0 Å². The van der Waals surface area contributed by atoms with Crippen LogP contribution in [0.4, 0.5) is 0 Å². The Morgan fingerprint density at radius 2 is 2.40 bits per heavy atom. The average molecular weight is 168 g/mol. The molecule has 0 aromatic heterocycles. The van der Waals surface area contributed by atoms with E-state index >= 15 is 0 Å². The summed E-state index contributed by atoms with van der Waals surface area (Å²) in [6, 6.07) is 0. The van der Waals surface area contributed by atoms with Crippen molar-refractivity contribution in [3.05, 3.63) is 0 Å². The van der Waals surface area contributed by atoms with Gasteiger partial charge < -0.3 is 9.84 Å². The van der Waals surface area contributed by atoms with Crippen LogP contribution in [0.2, 0.25) is 0 Å². The van der Waals surface area contributed by atoms with E-state index in [4.69, 9.17) is 9.84 Å². The molecule has 1 rings (SSSR count). The van der Waals surface area contributed by atoms with Crippen molar-refractivity contribution in [2.45, 2.75) is 19.1 Å². The highest BCUT2D eigenvalue weighted by Crippen LogP contribution is 2.14. The Labute approximate surface area is 67.2 Å². The minimum atomic E-state index is -0.255. The van der Waals surface area contributed by atoms with Gasteiger partial charge >= 0.3 is 0 Å². The Morgan fingerprint density at radius 1 is 1.70 bits per heavy atom. The van der Waals surface area contributed by atoms with Gasteiger partial charge in [0.2, 0.25) is 0 Å². The molecule has 10 heavy (non-hydrogen) atoms. The SMILES string of the molecule is CC1(CCO)NCCO1.Cl. The molecule has 0 radical (unpaired) electrons. The average Bonchev–Trinajstić information content (AvgIpc) is 2.16. The van der Waals surface area contributed by atoms with Crippen LogP contribution in [0, 0.1) is 0 Å². The number of hydrogen-bond acceptors (Lipinski definition) is 3. The molecule has 0 amide bonds. The molecule has 1 saturated heterocycles. The van der Waals surface area contributed by atoms with Gasteiger partial charge in [0.25, 0.3) is 0 Å². The summed E-state index contributed by atoms with van der Waals surface area (Å²) in [6.07, 6.45) is 0.674. The van der Waals surface area contributed by atoms with Gasteiger partial charge in [-0.1, -0.05) is 0 Å². The number of aliphatic hydroxyl groups excluding tert-OH is 1. The van der Waals surface area contributed by atoms with Gasteiger partial charge in [-0.15, -0.1) is 12.4 Å². The summed E-state index contributed by atoms with van der Waals surface area (Å²) in [5, 5.41) is 11.7. The zero-order valence-corrected chi connectivity index (χ0v) is 6.91. The highest BCUT2D eigenvalue weighted by Gasteiger charge is 2.27. The van der Waals surface area contributed by atoms with E-state index in [2.05, 4.69) is 5.32 Å². The third-order valence-corrected chi connectivity index (χ3v) is 1.61. The maximum Gasteiger partial charge on any atom is 0.118 e. The Hall–Kier alpha value is 0.170. The van der Waals surface area contributed by atoms with Crippen molar-refractivity contribution in [3.63, 3.8) is 0 Å². The first-order chi connectivity index (χ1) is 4.27. The lowest BCUT2D eigenvalue weighted by Crippen LogP contribution is -2.38. The van der Waals surface area contributed by atoms with Crippen LogP contribution in [0.25, 0.3) is 0 Å². The van der Waals surface area contributed by atoms with Crippen molar-refractivity contribution < 1.29 is 9.84 Å². The summed E-state index contributed by atoms with van der Waals surface area (Å²) >= 11 is 0. The van der Waals surface area contributed by atoms with E-state index in [1.807, 2.05) is 6.92 Å². The highest BCUT2D eigenvalue weighted by molar-refractivity contribution is 5.85. The second kappa shape index (κ2) is 4.13. The van der Waals surface area contributed by atoms with E-state index in [0.29, 0.717) is 6.42 Å². The van der Waals surface area contributed by atoms with Gasteiger partial charge in [0, 0.05) is 19.6 Å². The number of rotatable bonds is 2. The smallest absolute Gasteiger partial charge is 0.118 e. The normalized spacial score (nSPS) is 31.8.